The number of hydrogen-bond donors (Lipinski definition) is 2. The molecule has 1 heterocycles. The van der Waals surface area contributed by atoms with Gasteiger partial charge in [-0.3, -0.25) is 0 Å². The molecule has 0 aliphatic heterocycles. The molecule has 0 aliphatic rings. The van der Waals surface area contributed by atoms with Crippen LogP contribution in [0.25, 0.3) is 5.69 Å². The Bertz CT molecular complexity index is 504. The van der Waals surface area contributed by atoms with E-state index in [9.17, 15) is 5.11 Å². The molecule has 16 heavy (non-hydrogen) atoms. The third-order valence-electron chi connectivity index (χ3n) is 2.30. The van der Waals surface area contributed by atoms with Gasteiger partial charge >= 0.3 is 0 Å². The molecule has 1 aromatic carbocycles. The number of aryl methyl sites for hydroxylation is 1. The molecule has 0 amide bonds. The maximum atomic E-state index is 9.72. The first-order valence-electron chi connectivity index (χ1n) is 5.07. The number of nitrogens with two attached hydrogens (primary N) is 1. The fourth-order valence-corrected chi connectivity index (χ4v) is 1.47. The minimum atomic E-state index is -0.217. The van der Waals surface area contributed by atoms with Crippen molar-refractivity contribution in [2.24, 2.45) is 5.73 Å². The van der Waals surface area contributed by atoms with Crippen LogP contribution < -0.4 is 5.73 Å². The standard InChI is InChI=1S/C11H14N4O/c1-7(12)11-13-8(2)15(14-11)9-5-3-4-6-10(9)16/h3-7,16H,12H2,1-2H3. The van der Waals surface area contributed by atoms with E-state index in [4.69, 9.17) is 5.73 Å². The van der Waals surface area contributed by atoms with Crippen LogP contribution in [0.4, 0.5) is 0 Å². The molecule has 0 saturated heterocycles. The SMILES string of the molecule is Cc1nc(C(C)N)nn1-c1ccccc1O. The number of para-hydroxylation sites is 2. The topological polar surface area (TPSA) is 77.0 Å². The lowest BCUT2D eigenvalue weighted by atomic mass is 10.3. The zero-order valence-electron chi connectivity index (χ0n) is 9.25. The van der Waals surface area contributed by atoms with Crippen molar-refractivity contribution in [1.82, 2.24) is 14.8 Å². The van der Waals surface area contributed by atoms with Gasteiger partial charge in [0.2, 0.25) is 0 Å². The van der Waals surface area contributed by atoms with Crippen LogP contribution in [0.1, 0.15) is 24.6 Å². The minimum Gasteiger partial charge on any atom is -0.506 e. The summed E-state index contributed by atoms with van der Waals surface area (Å²) < 4.78 is 1.59. The Morgan fingerprint density at radius 1 is 1.38 bits per heavy atom. The molecule has 1 aromatic heterocycles. The van der Waals surface area contributed by atoms with Gasteiger partial charge in [-0.15, -0.1) is 5.10 Å². The number of phenolic OH excluding ortho intramolecular Hbond substituents is 1. The van der Waals surface area contributed by atoms with E-state index < -0.39 is 0 Å². The van der Waals surface area contributed by atoms with Gasteiger partial charge in [0.05, 0.1) is 6.04 Å². The fraction of sp³-hybridized carbons (Fsp3) is 0.273. The Kier molecular flexibility index (Phi) is 2.62. The van der Waals surface area contributed by atoms with Crippen LogP contribution in [0.5, 0.6) is 5.75 Å². The third kappa shape index (κ3) is 1.77. The molecule has 0 radical (unpaired) electrons. The van der Waals surface area contributed by atoms with E-state index in [1.807, 2.05) is 19.9 Å². The van der Waals surface area contributed by atoms with Gasteiger partial charge in [-0.2, -0.15) is 0 Å². The van der Waals surface area contributed by atoms with Crippen molar-refractivity contribution in [2.75, 3.05) is 0 Å². The number of rotatable bonds is 2. The molecule has 1 atom stereocenters. The van der Waals surface area contributed by atoms with Gasteiger partial charge in [0.1, 0.15) is 17.3 Å². The Balaban J connectivity index is 2.52. The number of hydrogen-bond acceptors (Lipinski definition) is 4. The van der Waals surface area contributed by atoms with Gasteiger partial charge in [0.25, 0.3) is 0 Å². The quantitative estimate of drug-likeness (QED) is 0.796. The van der Waals surface area contributed by atoms with Crippen LogP contribution in [0, 0.1) is 6.92 Å². The molecular weight excluding hydrogens is 204 g/mol. The Morgan fingerprint density at radius 3 is 2.62 bits per heavy atom. The summed E-state index contributed by atoms with van der Waals surface area (Å²) in [7, 11) is 0. The Hall–Kier alpha value is -1.88. The van der Waals surface area contributed by atoms with E-state index in [0.717, 1.165) is 0 Å². The van der Waals surface area contributed by atoms with Crippen molar-refractivity contribution < 1.29 is 5.11 Å². The molecule has 5 heteroatoms. The minimum absolute atomic E-state index is 0.173. The first-order chi connectivity index (χ1) is 7.59. The van der Waals surface area contributed by atoms with Crippen molar-refractivity contribution in [3.8, 4) is 11.4 Å². The van der Waals surface area contributed by atoms with Gasteiger partial charge < -0.3 is 10.8 Å². The molecule has 0 bridgehead atoms. The molecule has 0 aliphatic carbocycles. The van der Waals surface area contributed by atoms with E-state index in [1.165, 1.54) is 0 Å². The smallest absolute Gasteiger partial charge is 0.167 e. The summed E-state index contributed by atoms with van der Waals surface area (Å²) in [6.45, 7) is 3.65. The van der Waals surface area contributed by atoms with Crippen LogP contribution in [0.2, 0.25) is 0 Å². The van der Waals surface area contributed by atoms with E-state index >= 15 is 0 Å². The normalized spacial score (nSPS) is 12.7. The highest BCUT2D eigenvalue weighted by atomic mass is 16.3. The number of nitrogens with zero attached hydrogens (tertiary/aromatic N) is 3. The van der Waals surface area contributed by atoms with Gasteiger partial charge in [-0.1, -0.05) is 12.1 Å². The lowest BCUT2D eigenvalue weighted by Crippen LogP contribution is -2.08. The molecule has 0 saturated carbocycles. The van der Waals surface area contributed by atoms with Crippen LogP contribution in [-0.2, 0) is 0 Å². The van der Waals surface area contributed by atoms with Crippen LogP contribution in [-0.4, -0.2) is 19.9 Å². The number of aromatic nitrogens is 3. The molecule has 1 unspecified atom stereocenters. The van der Waals surface area contributed by atoms with Gasteiger partial charge in [0, 0.05) is 0 Å². The summed E-state index contributed by atoms with van der Waals surface area (Å²) in [5.41, 5.74) is 6.32. The van der Waals surface area contributed by atoms with Crippen molar-refractivity contribution in [1.29, 1.82) is 0 Å². The molecule has 3 N–H and O–H groups in total. The Morgan fingerprint density at radius 2 is 2.06 bits per heavy atom. The van der Waals surface area contributed by atoms with Crippen molar-refractivity contribution in [3.05, 3.63) is 35.9 Å². The lowest BCUT2D eigenvalue weighted by molar-refractivity contribution is 0.469. The summed E-state index contributed by atoms with van der Waals surface area (Å²) in [6.07, 6.45) is 0. The second-order valence-electron chi connectivity index (χ2n) is 3.71. The van der Waals surface area contributed by atoms with Gasteiger partial charge in [-0.25, -0.2) is 9.67 Å². The average molecular weight is 218 g/mol. The molecule has 2 rings (SSSR count). The van der Waals surface area contributed by atoms with Crippen LogP contribution >= 0.6 is 0 Å². The predicted molar refractivity (Wildman–Crippen MR) is 60.4 cm³/mol. The first kappa shape index (κ1) is 10.6. The van der Waals surface area contributed by atoms with Crippen molar-refractivity contribution in [2.45, 2.75) is 19.9 Å². The molecule has 84 valence electrons. The molecule has 0 fully saturated rings. The highest BCUT2D eigenvalue weighted by Gasteiger charge is 2.12. The maximum Gasteiger partial charge on any atom is 0.167 e. The van der Waals surface area contributed by atoms with Crippen molar-refractivity contribution >= 4 is 0 Å². The predicted octanol–water partition coefficient (Wildman–Crippen LogP) is 1.30. The highest BCUT2D eigenvalue weighted by Crippen LogP contribution is 2.21. The van der Waals surface area contributed by atoms with E-state index in [0.29, 0.717) is 17.3 Å². The molecular formula is C11H14N4O. The first-order valence-corrected chi connectivity index (χ1v) is 5.07. The lowest BCUT2D eigenvalue weighted by Gasteiger charge is -2.04. The summed E-state index contributed by atoms with van der Waals surface area (Å²) in [4.78, 5) is 4.24. The van der Waals surface area contributed by atoms with Crippen LogP contribution in [0.3, 0.4) is 0 Å². The third-order valence-corrected chi connectivity index (χ3v) is 2.30. The summed E-state index contributed by atoms with van der Waals surface area (Å²) in [5.74, 6) is 1.45. The largest absolute Gasteiger partial charge is 0.506 e. The second-order valence-corrected chi connectivity index (χ2v) is 3.71. The zero-order valence-corrected chi connectivity index (χ0v) is 9.25. The van der Waals surface area contributed by atoms with Gasteiger partial charge in [-0.05, 0) is 26.0 Å². The monoisotopic (exact) mass is 218 g/mol. The van der Waals surface area contributed by atoms with Gasteiger partial charge in [0.15, 0.2) is 5.82 Å². The molecule has 2 aromatic rings. The van der Waals surface area contributed by atoms with E-state index in [2.05, 4.69) is 10.1 Å². The average Bonchev–Trinajstić information content (AvgIpc) is 2.61. The van der Waals surface area contributed by atoms with E-state index in [1.54, 1.807) is 22.9 Å². The number of phenols is 1. The molecule has 5 nitrogen and oxygen atoms in total. The van der Waals surface area contributed by atoms with Crippen LogP contribution in [0.15, 0.2) is 24.3 Å². The summed E-state index contributed by atoms with van der Waals surface area (Å²) in [6, 6.07) is 6.77. The van der Waals surface area contributed by atoms with Crippen molar-refractivity contribution in [3.63, 3.8) is 0 Å². The van der Waals surface area contributed by atoms with E-state index in [-0.39, 0.29) is 11.8 Å². The summed E-state index contributed by atoms with van der Waals surface area (Å²) >= 11 is 0. The number of aromatic hydroxyl groups is 1. The second kappa shape index (κ2) is 3.94. The molecule has 0 spiro atoms. The summed E-state index contributed by atoms with van der Waals surface area (Å²) in [5, 5.41) is 14.0. The maximum absolute atomic E-state index is 9.72. The zero-order chi connectivity index (χ0) is 11.7. The number of benzene rings is 1. The highest BCUT2D eigenvalue weighted by molar-refractivity contribution is 5.45. The Labute approximate surface area is 93.5 Å². The fourth-order valence-electron chi connectivity index (χ4n) is 1.47.